The van der Waals surface area contributed by atoms with Crippen LogP contribution in [0.25, 0.3) is 11.0 Å². The number of allylic oxidation sites excluding steroid dienone is 1. The molecule has 1 N–H and O–H groups in total. The Morgan fingerprint density at radius 2 is 2.03 bits per heavy atom. The van der Waals surface area contributed by atoms with Crippen LogP contribution in [0.1, 0.15) is 30.8 Å². The number of para-hydroxylation sites is 2. The molecule has 0 radical (unpaired) electrons. The normalized spacial score (nSPS) is 11.8. The first-order valence-electron chi connectivity index (χ1n) is 10.7. The number of aryl methyl sites for hydroxylation is 1. The van der Waals surface area contributed by atoms with Crippen molar-refractivity contribution in [3.05, 3.63) is 66.5 Å². The molecule has 0 spiro atoms. The quantitative estimate of drug-likeness (QED) is 0.342. The summed E-state index contributed by atoms with van der Waals surface area (Å²) in [6.07, 6.45) is 3.41. The van der Waals surface area contributed by atoms with Gasteiger partial charge in [-0.25, -0.2) is 4.98 Å². The third-order valence-corrected chi connectivity index (χ3v) is 5.12. The van der Waals surface area contributed by atoms with Crippen LogP contribution in [-0.4, -0.2) is 42.9 Å². The van der Waals surface area contributed by atoms with Crippen molar-refractivity contribution in [3.8, 4) is 11.5 Å². The number of fused-ring (bicyclic) bond motifs is 1. The lowest BCUT2D eigenvalue weighted by atomic mass is 10.1. The van der Waals surface area contributed by atoms with Gasteiger partial charge in [-0.1, -0.05) is 24.3 Å². The minimum atomic E-state index is -0.247. The summed E-state index contributed by atoms with van der Waals surface area (Å²) >= 11 is 0. The van der Waals surface area contributed by atoms with Gasteiger partial charge in [0, 0.05) is 13.7 Å². The van der Waals surface area contributed by atoms with Gasteiger partial charge in [0.25, 0.3) is 0 Å². The van der Waals surface area contributed by atoms with Gasteiger partial charge in [0.2, 0.25) is 5.91 Å². The number of rotatable bonds is 12. The summed E-state index contributed by atoms with van der Waals surface area (Å²) in [6, 6.07) is 13.7. The van der Waals surface area contributed by atoms with E-state index in [9.17, 15) is 4.79 Å². The summed E-state index contributed by atoms with van der Waals surface area (Å²) < 4.78 is 18.5. The summed E-state index contributed by atoms with van der Waals surface area (Å²) in [4.78, 5) is 16.7. The van der Waals surface area contributed by atoms with Gasteiger partial charge in [0.15, 0.2) is 11.5 Å². The number of carbonyl (C=O) groups excluding carboxylic acids is 1. The molecule has 1 aromatic heterocycles. The van der Waals surface area contributed by atoms with Crippen molar-refractivity contribution in [2.45, 2.75) is 32.4 Å². The number of methoxy groups -OCH3 is 2. The summed E-state index contributed by atoms with van der Waals surface area (Å²) in [5.74, 6) is 2.07. The van der Waals surface area contributed by atoms with Gasteiger partial charge >= 0.3 is 0 Å². The van der Waals surface area contributed by atoms with E-state index >= 15 is 0 Å². The maximum Gasteiger partial charge on any atom is 0.246 e. The van der Waals surface area contributed by atoms with E-state index in [0.717, 1.165) is 41.0 Å². The molecule has 0 bridgehead atoms. The Labute approximate surface area is 189 Å². The van der Waals surface area contributed by atoms with Crippen molar-refractivity contribution in [2.75, 3.05) is 27.4 Å². The van der Waals surface area contributed by atoms with Crippen molar-refractivity contribution < 1.29 is 19.0 Å². The van der Waals surface area contributed by atoms with Gasteiger partial charge in [0.1, 0.15) is 12.4 Å². The molecule has 32 heavy (non-hydrogen) atoms. The first kappa shape index (κ1) is 23.3. The fourth-order valence-corrected chi connectivity index (χ4v) is 3.67. The highest BCUT2D eigenvalue weighted by atomic mass is 16.5. The topological polar surface area (TPSA) is 74.6 Å². The minimum Gasteiger partial charge on any atom is -0.493 e. The summed E-state index contributed by atoms with van der Waals surface area (Å²) in [7, 11) is 3.14. The second-order valence-electron chi connectivity index (χ2n) is 7.51. The zero-order valence-electron chi connectivity index (χ0n) is 19.0. The molecule has 3 rings (SSSR count). The van der Waals surface area contributed by atoms with E-state index in [1.54, 1.807) is 7.11 Å². The maximum atomic E-state index is 12.0. The maximum absolute atomic E-state index is 12.0. The molecule has 3 aromatic rings. The molecule has 0 aliphatic heterocycles. The Balaban J connectivity index is 1.69. The third-order valence-electron chi connectivity index (χ3n) is 5.12. The third kappa shape index (κ3) is 5.68. The summed E-state index contributed by atoms with van der Waals surface area (Å²) in [5.41, 5.74) is 3.06. The van der Waals surface area contributed by atoms with Gasteiger partial charge in [-0.2, -0.15) is 0 Å². The van der Waals surface area contributed by atoms with E-state index < -0.39 is 0 Å². The fourth-order valence-electron chi connectivity index (χ4n) is 3.67. The van der Waals surface area contributed by atoms with Crippen LogP contribution in [0.4, 0.5) is 0 Å². The molecular weight excluding hydrogens is 406 g/mol. The Bertz CT molecular complexity index is 1060. The molecule has 0 saturated heterocycles. The highest BCUT2D eigenvalue weighted by Crippen LogP contribution is 2.29. The Morgan fingerprint density at radius 1 is 1.22 bits per heavy atom. The average molecular weight is 438 g/mol. The summed E-state index contributed by atoms with van der Waals surface area (Å²) in [6.45, 7) is 6.95. The van der Waals surface area contributed by atoms with Gasteiger partial charge in [-0.05, 0) is 49.6 Å². The van der Waals surface area contributed by atoms with Crippen molar-refractivity contribution in [3.63, 3.8) is 0 Å². The number of imidazole rings is 1. The van der Waals surface area contributed by atoms with E-state index in [2.05, 4.69) is 16.5 Å². The van der Waals surface area contributed by atoms with Crippen LogP contribution in [0.15, 0.2) is 55.1 Å². The van der Waals surface area contributed by atoms with E-state index in [-0.39, 0.29) is 18.6 Å². The van der Waals surface area contributed by atoms with Crippen LogP contribution in [-0.2, 0) is 22.5 Å². The molecule has 0 aliphatic rings. The molecule has 0 aliphatic carbocycles. The van der Waals surface area contributed by atoms with Crippen molar-refractivity contribution in [2.24, 2.45) is 0 Å². The van der Waals surface area contributed by atoms with Crippen molar-refractivity contribution in [1.82, 2.24) is 14.9 Å². The Hall–Kier alpha value is -3.32. The predicted molar refractivity (Wildman–Crippen MR) is 125 cm³/mol. The Kier molecular flexibility index (Phi) is 8.27. The Morgan fingerprint density at radius 3 is 2.78 bits per heavy atom. The van der Waals surface area contributed by atoms with E-state index in [1.807, 2.05) is 55.5 Å². The molecular formula is C25H31N3O4. The average Bonchev–Trinajstić information content (AvgIpc) is 3.16. The number of amides is 1. The second kappa shape index (κ2) is 11.3. The summed E-state index contributed by atoms with van der Waals surface area (Å²) in [5, 5.41) is 2.94. The number of carbonyl (C=O) groups is 1. The second-order valence-corrected chi connectivity index (χ2v) is 7.51. The minimum absolute atomic E-state index is 0.0197. The SMILES string of the molecule is C=CCc1ccc(OCCCn2c(C(C)NC(=O)COC)nc3ccccc32)c(OC)c1. The molecule has 1 heterocycles. The molecule has 2 aromatic carbocycles. The lowest BCUT2D eigenvalue weighted by molar-refractivity contribution is -0.125. The predicted octanol–water partition coefficient (Wildman–Crippen LogP) is 4.07. The van der Waals surface area contributed by atoms with Crippen LogP contribution in [0, 0.1) is 0 Å². The first-order chi connectivity index (χ1) is 15.6. The molecule has 7 heteroatoms. The molecule has 1 atom stereocenters. The first-order valence-corrected chi connectivity index (χ1v) is 10.7. The van der Waals surface area contributed by atoms with Crippen LogP contribution < -0.4 is 14.8 Å². The van der Waals surface area contributed by atoms with E-state index in [4.69, 9.17) is 19.2 Å². The number of nitrogens with one attached hydrogen (secondary N) is 1. The smallest absolute Gasteiger partial charge is 0.246 e. The van der Waals surface area contributed by atoms with Gasteiger partial charge in [-0.15, -0.1) is 6.58 Å². The number of hydrogen-bond acceptors (Lipinski definition) is 5. The molecule has 170 valence electrons. The van der Waals surface area contributed by atoms with Gasteiger partial charge < -0.3 is 24.1 Å². The molecule has 1 unspecified atom stereocenters. The monoisotopic (exact) mass is 437 g/mol. The van der Waals surface area contributed by atoms with Crippen LogP contribution in [0.5, 0.6) is 11.5 Å². The zero-order valence-corrected chi connectivity index (χ0v) is 19.0. The number of aromatic nitrogens is 2. The van der Waals surface area contributed by atoms with E-state index in [0.29, 0.717) is 18.9 Å². The van der Waals surface area contributed by atoms with Gasteiger partial charge in [0.05, 0.1) is 30.8 Å². The van der Waals surface area contributed by atoms with Gasteiger partial charge in [-0.3, -0.25) is 4.79 Å². The van der Waals surface area contributed by atoms with E-state index in [1.165, 1.54) is 7.11 Å². The number of ether oxygens (including phenoxy) is 3. The number of benzene rings is 2. The highest BCUT2D eigenvalue weighted by molar-refractivity contribution is 5.78. The number of hydrogen-bond donors (Lipinski definition) is 1. The highest BCUT2D eigenvalue weighted by Gasteiger charge is 2.18. The van der Waals surface area contributed by atoms with Crippen molar-refractivity contribution in [1.29, 1.82) is 0 Å². The van der Waals surface area contributed by atoms with Crippen LogP contribution in [0.3, 0.4) is 0 Å². The number of nitrogens with zero attached hydrogens (tertiary/aromatic N) is 2. The van der Waals surface area contributed by atoms with Crippen molar-refractivity contribution >= 4 is 16.9 Å². The molecule has 1 amide bonds. The standard InChI is InChI=1S/C25H31N3O4/c1-5-9-19-12-13-22(23(16-19)31-4)32-15-8-14-28-21-11-7-6-10-20(21)27-25(28)18(2)26-24(29)17-30-3/h5-7,10-13,16,18H,1,8-9,14-15,17H2,2-4H3,(H,26,29). The zero-order chi connectivity index (χ0) is 22.9. The lowest BCUT2D eigenvalue weighted by Gasteiger charge is -2.17. The molecule has 0 saturated carbocycles. The largest absolute Gasteiger partial charge is 0.493 e. The lowest BCUT2D eigenvalue weighted by Crippen LogP contribution is -2.31. The molecule has 0 fully saturated rings. The fraction of sp³-hybridized carbons (Fsp3) is 0.360. The van der Waals surface area contributed by atoms with Crippen LogP contribution >= 0.6 is 0 Å². The molecule has 7 nitrogen and oxygen atoms in total. The van der Waals surface area contributed by atoms with Crippen LogP contribution in [0.2, 0.25) is 0 Å².